The van der Waals surface area contributed by atoms with Crippen molar-refractivity contribution in [2.45, 2.75) is 32.4 Å². The fourth-order valence-corrected chi connectivity index (χ4v) is 3.75. The van der Waals surface area contributed by atoms with Gasteiger partial charge in [-0.2, -0.15) is 11.8 Å². The summed E-state index contributed by atoms with van der Waals surface area (Å²) in [5.41, 5.74) is 1.21. The summed E-state index contributed by atoms with van der Waals surface area (Å²) in [6.07, 6.45) is 1.05. The molecule has 0 fully saturated rings. The molecule has 0 aromatic heterocycles. The van der Waals surface area contributed by atoms with Crippen LogP contribution in [-0.2, 0) is 19.1 Å². The minimum atomic E-state index is -1.12. The molecule has 0 aliphatic carbocycles. The Morgan fingerprint density at radius 1 is 1.00 bits per heavy atom. The molecule has 2 rings (SSSR count). The van der Waals surface area contributed by atoms with Gasteiger partial charge in [0.25, 0.3) is 11.8 Å². The smallest absolute Gasteiger partial charge is 0.329 e. The van der Waals surface area contributed by atoms with E-state index in [0.717, 1.165) is 0 Å². The van der Waals surface area contributed by atoms with E-state index in [1.807, 2.05) is 6.26 Å². The van der Waals surface area contributed by atoms with Crippen LogP contribution in [0.25, 0.3) is 0 Å². The summed E-state index contributed by atoms with van der Waals surface area (Å²) in [5, 5.41) is 8.42. The molecular formula is C23H25Cl2N3O5S. The molecule has 0 spiro atoms. The van der Waals surface area contributed by atoms with Gasteiger partial charge in [0.2, 0.25) is 5.91 Å². The lowest BCUT2D eigenvalue weighted by molar-refractivity contribution is -0.155. The van der Waals surface area contributed by atoms with Crippen molar-refractivity contribution in [3.8, 4) is 0 Å². The van der Waals surface area contributed by atoms with Crippen LogP contribution in [0.5, 0.6) is 0 Å². The Labute approximate surface area is 212 Å². The highest BCUT2D eigenvalue weighted by molar-refractivity contribution is 7.98. The number of carbonyl (C=O) groups is 4. The first-order chi connectivity index (χ1) is 16.1. The summed E-state index contributed by atoms with van der Waals surface area (Å²) in [6, 6.07) is 9.91. The second-order valence-corrected chi connectivity index (χ2v) is 9.09. The average molecular weight is 526 g/mol. The normalized spacial score (nSPS) is 12.3. The summed E-state index contributed by atoms with van der Waals surface area (Å²) in [5.74, 6) is -1.47. The number of benzene rings is 2. The Hall–Kier alpha value is -2.75. The van der Waals surface area contributed by atoms with Crippen LogP contribution < -0.4 is 16.0 Å². The SMILES string of the molecule is CSCC[C@@H](NC(=O)c1ccc(Cl)cc1Cl)C(=O)O[C@@H](C)C(=O)Nc1ccc(NC(C)=O)cc1. The van der Waals surface area contributed by atoms with E-state index in [2.05, 4.69) is 16.0 Å². The molecule has 0 unspecified atom stereocenters. The van der Waals surface area contributed by atoms with Crippen molar-refractivity contribution in [3.63, 3.8) is 0 Å². The van der Waals surface area contributed by atoms with Crippen molar-refractivity contribution in [1.82, 2.24) is 5.32 Å². The second-order valence-electron chi connectivity index (χ2n) is 7.26. The van der Waals surface area contributed by atoms with Crippen molar-refractivity contribution in [3.05, 3.63) is 58.1 Å². The highest BCUT2D eigenvalue weighted by atomic mass is 35.5. The van der Waals surface area contributed by atoms with E-state index in [0.29, 0.717) is 28.6 Å². The van der Waals surface area contributed by atoms with E-state index in [9.17, 15) is 19.2 Å². The monoisotopic (exact) mass is 525 g/mol. The number of halogens is 2. The van der Waals surface area contributed by atoms with Gasteiger partial charge < -0.3 is 20.7 Å². The number of thioether (sulfide) groups is 1. The van der Waals surface area contributed by atoms with E-state index < -0.39 is 29.9 Å². The molecule has 0 saturated heterocycles. The number of ether oxygens (including phenoxy) is 1. The summed E-state index contributed by atoms with van der Waals surface area (Å²) in [7, 11) is 0. The lowest BCUT2D eigenvalue weighted by atomic mass is 10.1. The van der Waals surface area contributed by atoms with E-state index in [1.165, 1.54) is 43.8 Å². The number of rotatable bonds is 10. The van der Waals surface area contributed by atoms with Crippen LogP contribution in [0.3, 0.4) is 0 Å². The predicted molar refractivity (Wildman–Crippen MR) is 136 cm³/mol. The molecule has 182 valence electrons. The molecule has 11 heteroatoms. The van der Waals surface area contributed by atoms with Crippen LogP contribution in [0.1, 0.15) is 30.6 Å². The molecular weight excluding hydrogens is 501 g/mol. The summed E-state index contributed by atoms with van der Waals surface area (Å²) < 4.78 is 5.32. The number of nitrogens with one attached hydrogen (secondary N) is 3. The molecule has 0 heterocycles. The van der Waals surface area contributed by atoms with Crippen LogP contribution >= 0.6 is 35.0 Å². The molecule has 0 saturated carbocycles. The van der Waals surface area contributed by atoms with Crippen molar-refractivity contribution in [2.75, 3.05) is 22.6 Å². The summed E-state index contributed by atoms with van der Waals surface area (Å²) in [6.45, 7) is 2.83. The molecule has 0 radical (unpaired) electrons. The maximum absolute atomic E-state index is 12.7. The van der Waals surface area contributed by atoms with Crippen molar-refractivity contribution >= 4 is 70.0 Å². The van der Waals surface area contributed by atoms with Gasteiger partial charge in [-0.15, -0.1) is 0 Å². The fraction of sp³-hybridized carbons (Fsp3) is 0.304. The van der Waals surface area contributed by atoms with Gasteiger partial charge in [0.15, 0.2) is 6.10 Å². The Kier molecular flexibility index (Phi) is 10.7. The maximum atomic E-state index is 12.7. The quantitative estimate of drug-likeness (QED) is 0.396. The van der Waals surface area contributed by atoms with Crippen LogP contribution in [0.4, 0.5) is 11.4 Å². The minimum Gasteiger partial charge on any atom is -0.451 e. The lowest BCUT2D eigenvalue weighted by Gasteiger charge is -2.20. The van der Waals surface area contributed by atoms with Gasteiger partial charge in [-0.1, -0.05) is 23.2 Å². The molecule has 34 heavy (non-hydrogen) atoms. The molecule has 3 amide bonds. The third kappa shape index (κ3) is 8.55. The van der Waals surface area contributed by atoms with Crippen LogP contribution in [-0.4, -0.2) is 47.8 Å². The van der Waals surface area contributed by atoms with Crippen molar-refractivity contribution in [1.29, 1.82) is 0 Å². The Balaban J connectivity index is 2.00. The van der Waals surface area contributed by atoms with Crippen LogP contribution in [0.15, 0.2) is 42.5 Å². The fourth-order valence-electron chi connectivity index (χ4n) is 2.79. The summed E-state index contributed by atoms with van der Waals surface area (Å²) in [4.78, 5) is 49.0. The standard InChI is InChI=1S/C23H25Cl2N3O5S/c1-13(21(30)27-17-7-5-16(6-8-17)26-14(2)29)33-23(32)20(10-11-34-3)28-22(31)18-9-4-15(24)12-19(18)25/h4-9,12-13,20H,10-11H2,1-3H3,(H,26,29)(H,27,30)(H,28,31)/t13-,20+/m0/s1. The number of carbonyl (C=O) groups excluding carboxylic acids is 4. The van der Waals surface area contributed by atoms with Crippen molar-refractivity contribution in [2.24, 2.45) is 0 Å². The Morgan fingerprint density at radius 3 is 2.18 bits per heavy atom. The van der Waals surface area contributed by atoms with Gasteiger partial charge in [0.05, 0.1) is 10.6 Å². The van der Waals surface area contributed by atoms with E-state index in [4.69, 9.17) is 27.9 Å². The largest absolute Gasteiger partial charge is 0.451 e. The van der Waals surface area contributed by atoms with Gasteiger partial charge in [0.1, 0.15) is 6.04 Å². The van der Waals surface area contributed by atoms with Gasteiger partial charge >= 0.3 is 5.97 Å². The molecule has 3 N–H and O–H groups in total. The third-order valence-electron chi connectivity index (χ3n) is 4.51. The van der Waals surface area contributed by atoms with E-state index >= 15 is 0 Å². The molecule has 0 aliphatic rings. The lowest BCUT2D eigenvalue weighted by Crippen LogP contribution is -2.44. The van der Waals surface area contributed by atoms with Gasteiger partial charge in [0, 0.05) is 23.3 Å². The number of anilines is 2. The second kappa shape index (κ2) is 13.2. The van der Waals surface area contributed by atoms with Gasteiger partial charge in [-0.05, 0) is 67.8 Å². The maximum Gasteiger partial charge on any atom is 0.329 e. The predicted octanol–water partition coefficient (Wildman–Crippen LogP) is 4.37. The van der Waals surface area contributed by atoms with Gasteiger partial charge in [-0.3, -0.25) is 14.4 Å². The van der Waals surface area contributed by atoms with Crippen LogP contribution in [0.2, 0.25) is 10.0 Å². The van der Waals surface area contributed by atoms with Crippen molar-refractivity contribution < 1.29 is 23.9 Å². The number of hydrogen-bond donors (Lipinski definition) is 3. The topological polar surface area (TPSA) is 114 Å². The van der Waals surface area contributed by atoms with Gasteiger partial charge in [-0.25, -0.2) is 4.79 Å². The zero-order valence-electron chi connectivity index (χ0n) is 18.8. The zero-order valence-corrected chi connectivity index (χ0v) is 21.1. The number of hydrogen-bond acceptors (Lipinski definition) is 6. The third-order valence-corrected chi connectivity index (χ3v) is 5.70. The minimum absolute atomic E-state index is 0.152. The molecule has 8 nitrogen and oxygen atoms in total. The van der Waals surface area contributed by atoms with Crippen LogP contribution in [0, 0.1) is 0 Å². The first-order valence-corrected chi connectivity index (χ1v) is 12.4. The molecule has 0 bridgehead atoms. The van der Waals surface area contributed by atoms with E-state index in [-0.39, 0.29) is 16.5 Å². The zero-order chi connectivity index (χ0) is 25.3. The Bertz CT molecular complexity index is 1050. The Morgan fingerprint density at radius 2 is 1.62 bits per heavy atom. The first-order valence-electron chi connectivity index (χ1n) is 10.2. The molecule has 2 aromatic carbocycles. The number of amides is 3. The molecule has 0 aliphatic heterocycles. The molecule has 2 atom stereocenters. The first kappa shape index (κ1) is 27.5. The van der Waals surface area contributed by atoms with E-state index in [1.54, 1.807) is 24.3 Å². The average Bonchev–Trinajstić information content (AvgIpc) is 2.77. The highest BCUT2D eigenvalue weighted by Crippen LogP contribution is 2.21. The summed E-state index contributed by atoms with van der Waals surface area (Å²) >= 11 is 13.5. The number of esters is 1. The molecule has 2 aromatic rings. The highest BCUT2D eigenvalue weighted by Gasteiger charge is 2.27.